The Kier molecular flexibility index (Phi) is 5.60. The molecule has 0 unspecified atom stereocenters. The second-order valence-corrected chi connectivity index (χ2v) is 7.55. The number of rotatable bonds is 6. The van der Waals surface area contributed by atoms with Gasteiger partial charge in [-0.15, -0.1) is 0 Å². The number of pyridine rings is 1. The minimum atomic E-state index is 0.560. The predicted octanol–water partition coefficient (Wildman–Crippen LogP) is 5.80. The summed E-state index contributed by atoms with van der Waals surface area (Å²) in [5, 5.41) is 4.85. The molecule has 7 heteroatoms. The van der Waals surface area contributed by atoms with Crippen LogP contribution in [0, 0.1) is 0 Å². The van der Waals surface area contributed by atoms with E-state index in [0.29, 0.717) is 16.5 Å². The van der Waals surface area contributed by atoms with Crippen LogP contribution >= 0.6 is 22.9 Å². The van der Waals surface area contributed by atoms with Crippen molar-refractivity contribution in [1.82, 2.24) is 19.9 Å². The van der Waals surface area contributed by atoms with Crippen molar-refractivity contribution in [3.63, 3.8) is 0 Å². The fraction of sp³-hybridized carbons (Fsp3) is 0.143. The largest absolute Gasteiger partial charge is 0.362 e. The van der Waals surface area contributed by atoms with Crippen molar-refractivity contribution in [3.8, 4) is 33.3 Å². The first-order valence-electron chi connectivity index (χ1n) is 9.00. The Bertz CT molecular complexity index is 1080. The molecule has 0 spiro atoms. The summed E-state index contributed by atoms with van der Waals surface area (Å²) in [5.41, 5.74) is 3.13. The molecule has 0 radical (unpaired) electrons. The van der Waals surface area contributed by atoms with E-state index in [9.17, 15) is 0 Å². The van der Waals surface area contributed by atoms with Crippen LogP contribution in [0.2, 0.25) is 5.02 Å². The molecule has 0 saturated carbocycles. The fourth-order valence-corrected chi connectivity index (χ4v) is 3.73. The molecule has 0 saturated heterocycles. The Hall–Kier alpha value is -2.83. The molecule has 4 aromatic rings. The van der Waals surface area contributed by atoms with Crippen molar-refractivity contribution in [2.45, 2.75) is 13.3 Å². The van der Waals surface area contributed by atoms with Crippen LogP contribution in [0.1, 0.15) is 13.3 Å². The van der Waals surface area contributed by atoms with E-state index in [1.165, 1.54) is 0 Å². The van der Waals surface area contributed by atoms with E-state index in [1.54, 1.807) is 17.5 Å². The van der Waals surface area contributed by atoms with Crippen molar-refractivity contribution < 1.29 is 0 Å². The lowest BCUT2D eigenvalue weighted by atomic mass is 10.1. The first kappa shape index (κ1) is 18.5. The lowest BCUT2D eigenvalue weighted by Gasteiger charge is -2.08. The van der Waals surface area contributed by atoms with Gasteiger partial charge in [0, 0.05) is 29.5 Å². The minimum Gasteiger partial charge on any atom is -0.362 e. The summed E-state index contributed by atoms with van der Waals surface area (Å²) in [7, 11) is 0. The molecule has 1 aromatic carbocycles. The van der Waals surface area contributed by atoms with Crippen molar-refractivity contribution in [2.24, 2.45) is 0 Å². The Morgan fingerprint density at radius 2 is 1.79 bits per heavy atom. The van der Waals surface area contributed by atoms with Gasteiger partial charge in [-0.05, 0) is 30.7 Å². The lowest BCUT2D eigenvalue weighted by molar-refractivity contribution is 0.976. The Morgan fingerprint density at radius 3 is 2.57 bits per heavy atom. The van der Waals surface area contributed by atoms with Crippen LogP contribution in [0.25, 0.3) is 33.3 Å². The van der Waals surface area contributed by atoms with Crippen LogP contribution in [0.4, 0.5) is 5.13 Å². The summed E-state index contributed by atoms with van der Waals surface area (Å²) in [4.78, 5) is 19.3. The molecule has 0 aliphatic rings. The van der Waals surface area contributed by atoms with Gasteiger partial charge in [-0.2, -0.15) is 0 Å². The van der Waals surface area contributed by atoms with E-state index >= 15 is 0 Å². The van der Waals surface area contributed by atoms with Crippen LogP contribution in [0.5, 0.6) is 0 Å². The molecule has 140 valence electrons. The second-order valence-electron chi connectivity index (χ2n) is 6.11. The zero-order valence-corrected chi connectivity index (χ0v) is 16.8. The highest BCUT2D eigenvalue weighted by atomic mass is 35.5. The molecule has 5 nitrogen and oxygen atoms in total. The summed E-state index contributed by atoms with van der Waals surface area (Å²) in [6, 6.07) is 15.3. The van der Waals surface area contributed by atoms with Gasteiger partial charge in [0.1, 0.15) is 5.69 Å². The Balaban J connectivity index is 1.83. The van der Waals surface area contributed by atoms with E-state index in [2.05, 4.69) is 22.2 Å². The van der Waals surface area contributed by atoms with Crippen molar-refractivity contribution in [1.29, 1.82) is 0 Å². The summed E-state index contributed by atoms with van der Waals surface area (Å²) in [5.74, 6) is 0.560. The summed E-state index contributed by atoms with van der Waals surface area (Å²) in [6.45, 7) is 3.02. The second kappa shape index (κ2) is 8.46. The number of aromatic nitrogens is 4. The van der Waals surface area contributed by atoms with Crippen LogP contribution in [-0.4, -0.2) is 26.5 Å². The third-order valence-corrected chi connectivity index (χ3v) is 5.36. The monoisotopic (exact) mass is 407 g/mol. The van der Waals surface area contributed by atoms with E-state index in [4.69, 9.17) is 21.6 Å². The number of hydrogen-bond acceptors (Lipinski definition) is 6. The third-order valence-electron chi connectivity index (χ3n) is 4.05. The summed E-state index contributed by atoms with van der Waals surface area (Å²) < 4.78 is 0. The maximum absolute atomic E-state index is 6.42. The molecule has 0 aliphatic carbocycles. The van der Waals surface area contributed by atoms with Gasteiger partial charge in [0.05, 0.1) is 16.3 Å². The van der Waals surface area contributed by atoms with Gasteiger partial charge in [-0.25, -0.2) is 15.0 Å². The van der Waals surface area contributed by atoms with Crippen LogP contribution in [0.3, 0.4) is 0 Å². The molecule has 0 amide bonds. The molecular weight excluding hydrogens is 390 g/mol. The normalized spacial score (nSPS) is 10.8. The summed E-state index contributed by atoms with van der Waals surface area (Å²) in [6.07, 6.45) is 4.62. The third kappa shape index (κ3) is 4.03. The average molecular weight is 408 g/mol. The first-order chi connectivity index (χ1) is 13.7. The number of nitrogens with zero attached hydrogens (tertiary/aromatic N) is 4. The molecule has 4 rings (SSSR count). The number of nitrogens with one attached hydrogen (secondary N) is 1. The zero-order valence-electron chi connectivity index (χ0n) is 15.3. The molecular formula is C21H18ClN5S. The standard InChI is InChI=1S/C21H18ClN5S/c1-2-10-24-21-25-13-19(28-21)18-12-17(14-7-3-4-8-15(14)22)26-20(27-18)16-9-5-6-11-23-16/h3-9,11-13H,2,10H2,1H3,(H,24,25). The van der Waals surface area contributed by atoms with Crippen LogP contribution < -0.4 is 5.32 Å². The average Bonchev–Trinajstić information content (AvgIpc) is 3.22. The zero-order chi connectivity index (χ0) is 19.3. The van der Waals surface area contributed by atoms with Crippen molar-refractivity contribution in [3.05, 3.63) is 65.9 Å². The maximum atomic E-state index is 6.42. The topological polar surface area (TPSA) is 63.6 Å². The van der Waals surface area contributed by atoms with Crippen molar-refractivity contribution in [2.75, 3.05) is 11.9 Å². The van der Waals surface area contributed by atoms with Gasteiger partial charge in [0.15, 0.2) is 11.0 Å². The highest BCUT2D eigenvalue weighted by Crippen LogP contribution is 2.33. The SMILES string of the molecule is CCCNc1ncc(-c2cc(-c3ccccc3Cl)nc(-c3ccccn3)n2)s1. The highest BCUT2D eigenvalue weighted by Gasteiger charge is 2.14. The van der Waals surface area contributed by atoms with Gasteiger partial charge in [-0.1, -0.05) is 54.1 Å². The smallest absolute Gasteiger partial charge is 0.183 e. The molecule has 0 atom stereocenters. The van der Waals surface area contributed by atoms with E-state index in [1.807, 2.05) is 54.7 Å². The molecule has 1 N–H and O–H groups in total. The Labute approximate surface area is 172 Å². The van der Waals surface area contributed by atoms with Crippen LogP contribution in [-0.2, 0) is 0 Å². The highest BCUT2D eigenvalue weighted by molar-refractivity contribution is 7.18. The van der Waals surface area contributed by atoms with Gasteiger partial charge < -0.3 is 5.32 Å². The number of halogens is 1. The van der Waals surface area contributed by atoms with Gasteiger partial charge in [0.25, 0.3) is 0 Å². The van der Waals surface area contributed by atoms with E-state index in [-0.39, 0.29) is 0 Å². The fourth-order valence-electron chi connectivity index (χ4n) is 2.70. The minimum absolute atomic E-state index is 0.560. The molecule has 0 fully saturated rings. The molecule has 3 aromatic heterocycles. The first-order valence-corrected chi connectivity index (χ1v) is 10.2. The number of anilines is 1. The quantitative estimate of drug-likeness (QED) is 0.437. The van der Waals surface area contributed by atoms with Gasteiger partial charge in [-0.3, -0.25) is 4.98 Å². The summed E-state index contributed by atoms with van der Waals surface area (Å²) >= 11 is 7.99. The maximum Gasteiger partial charge on any atom is 0.183 e. The van der Waals surface area contributed by atoms with E-state index < -0.39 is 0 Å². The molecule has 3 heterocycles. The molecule has 0 aliphatic heterocycles. The van der Waals surface area contributed by atoms with E-state index in [0.717, 1.165) is 39.9 Å². The number of hydrogen-bond donors (Lipinski definition) is 1. The molecule has 0 bridgehead atoms. The predicted molar refractivity (Wildman–Crippen MR) is 116 cm³/mol. The molecule has 28 heavy (non-hydrogen) atoms. The van der Waals surface area contributed by atoms with Gasteiger partial charge in [0.2, 0.25) is 0 Å². The number of thiazole rings is 1. The number of benzene rings is 1. The lowest BCUT2D eigenvalue weighted by Crippen LogP contribution is -1.98. The van der Waals surface area contributed by atoms with Crippen LogP contribution in [0.15, 0.2) is 60.9 Å². The van der Waals surface area contributed by atoms with Crippen molar-refractivity contribution >= 4 is 28.1 Å². The van der Waals surface area contributed by atoms with Gasteiger partial charge >= 0.3 is 0 Å². The Morgan fingerprint density at radius 1 is 0.964 bits per heavy atom.